The number of hydrogen-bond donors (Lipinski definition) is 3. The average molecular weight is 385 g/mol. The highest BCUT2D eigenvalue weighted by molar-refractivity contribution is 6.00. The van der Waals surface area contributed by atoms with E-state index in [1.165, 1.54) is 14.1 Å². The molecule has 1 aromatic carbocycles. The van der Waals surface area contributed by atoms with Crippen molar-refractivity contribution < 1.29 is 9.69 Å². The number of aromatic amines is 1. The molecule has 4 N–H and O–H groups in total. The molecule has 0 aliphatic carbocycles. The Hall–Kier alpha value is -3.53. The van der Waals surface area contributed by atoms with Gasteiger partial charge in [-0.05, 0) is 12.1 Å². The minimum atomic E-state index is -0.726. The van der Waals surface area contributed by atoms with E-state index in [0.29, 0.717) is 21.6 Å². The molecular formula is C18H21N6O4+. The predicted octanol–water partition coefficient (Wildman–Crippen LogP) is -2.20. The molecule has 1 unspecified atom stereocenters. The van der Waals surface area contributed by atoms with Crippen molar-refractivity contribution in [2.24, 2.45) is 14.1 Å². The van der Waals surface area contributed by atoms with Crippen molar-refractivity contribution in [2.45, 2.75) is 6.54 Å². The average Bonchev–Trinajstić information content (AvgIpc) is 2.65. The highest BCUT2D eigenvalue weighted by atomic mass is 16.2. The predicted molar refractivity (Wildman–Crippen MR) is 103 cm³/mol. The normalized spacial score (nSPS) is 12.2. The fraction of sp³-hybridized carbons (Fsp3) is 0.278. The zero-order chi connectivity index (χ0) is 20.6. The Bertz CT molecular complexity index is 1250. The number of fused-ring (bicyclic) bond motifs is 1. The number of rotatable bonds is 5. The number of nitrogens with zero attached hydrogens (tertiary/aromatic N) is 3. The summed E-state index contributed by atoms with van der Waals surface area (Å²) in [6.07, 6.45) is 0. The van der Waals surface area contributed by atoms with Crippen LogP contribution < -0.4 is 27.4 Å². The van der Waals surface area contributed by atoms with Crippen LogP contribution in [0.4, 0.5) is 5.82 Å². The van der Waals surface area contributed by atoms with Gasteiger partial charge in [-0.1, -0.05) is 12.1 Å². The summed E-state index contributed by atoms with van der Waals surface area (Å²) in [6, 6.07) is 6.97. The van der Waals surface area contributed by atoms with Gasteiger partial charge in [-0.25, -0.2) is 9.78 Å². The van der Waals surface area contributed by atoms with E-state index in [-0.39, 0.29) is 30.0 Å². The summed E-state index contributed by atoms with van der Waals surface area (Å²) in [5.74, 6) is -0.229. The molecule has 1 atom stereocenters. The summed E-state index contributed by atoms with van der Waals surface area (Å²) in [7, 11) is 4.42. The maximum Gasteiger partial charge on any atom is 0.332 e. The number of nitrogen functional groups attached to an aromatic ring is 1. The number of carbonyl (C=O) groups is 1. The maximum atomic E-state index is 12.7. The first kappa shape index (κ1) is 19.2. The van der Waals surface area contributed by atoms with Gasteiger partial charge in [0.2, 0.25) is 5.78 Å². The van der Waals surface area contributed by atoms with Gasteiger partial charge in [-0.15, -0.1) is 0 Å². The minimum absolute atomic E-state index is 0.0613. The zero-order valence-corrected chi connectivity index (χ0v) is 15.8. The number of benzene rings is 1. The van der Waals surface area contributed by atoms with Crippen molar-refractivity contribution in [3.63, 3.8) is 0 Å². The number of nitrogens with two attached hydrogens (primary N) is 1. The Morgan fingerprint density at radius 3 is 2.57 bits per heavy atom. The van der Waals surface area contributed by atoms with Crippen LogP contribution in [0.1, 0.15) is 16.2 Å². The number of aromatic nitrogens is 4. The second-order valence-corrected chi connectivity index (χ2v) is 6.73. The Morgan fingerprint density at radius 1 is 1.18 bits per heavy atom. The molecule has 0 aliphatic heterocycles. The standard InChI is InChI=1S/C18H20N6O4/c1-22(9-13-20-11-7-5-4-6-10(11)16(26)21-13)8-12(25)14-15(19)23(2)18(28)24(3)17(14)27/h4-7H,8-9,19H2,1-3H3,(H,20,21,26)/p+1. The quantitative estimate of drug-likeness (QED) is 0.426. The van der Waals surface area contributed by atoms with Gasteiger partial charge >= 0.3 is 5.69 Å². The Balaban J connectivity index is 1.86. The Labute approximate surface area is 158 Å². The molecule has 0 spiro atoms. The molecule has 10 nitrogen and oxygen atoms in total. The summed E-state index contributed by atoms with van der Waals surface area (Å²) < 4.78 is 1.91. The van der Waals surface area contributed by atoms with Crippen molar-refractivity contribution in [3.05, 3.63) is 66.8 Å². The lowest BCUT2D eigenvalue weighted by Gasteiger charge is -2.15. The number of ketones is 1. The van der Waals surface area contributed by atoms with Crippen molar-refractivity contribution in [1.82, 2.24) is 19.1 Å². The second-order valence-electron chi connectivity index (χ2n) is 6.73. The number of anilines is 1. The van der Waals surface area contributed by atoms with Crippen LogP contribution in [-0.2, 0) is 20.6 Å². The molecule has 3 aromatic rings. The molecule has 0 radical (unpaired) electrons. The molecular weight excluding hydrogens is 364 g/mol. The highest BCUT2D eigenvalue weighted by Crippen LogP contribution is 2.05. The third-order valence-corrected chi connectivity index (χ3v) is 4.58. The topological polar surface area (TPSA) is 137 Å². The highest BCUT2D eigenvalue weighted by Gasteiger charge is 2.23. The minimum Gasteiger partial charge on any atom is -0.384 e. The lowest BCUT2D eigenvalue weighted by molar-refractivity contribution is -0.885. The van der Waals surface area contributed by atoms with Gasteiger partial charge in [0.15, 0.2) is 5.82 Å². The first-order chi connectivity index (χ1) is 13.2. The van der Waals surface area contributed by atoms with E-state index < -0.39 is 17.0 Å². The van der Waals surface area contributed by atoms with E-state index in [0.717, 1.165) is 9.13 Å². The van der Waals surface area contributed by atoms with Crippen LogP contribution in [0.25, 0.3) is 10.9 Å². The van der Waals surface area contributed by atoms with Gasteiger partial charge in [-0.2, -0.15) is 0 Å². The smallest absolute Gasteiger partial charge is 0.332 e. The van der Waals surface area contributed by atoms with Gasteiger partial charge < -0.3 is 15.6 Å². The van der Waals surface area contributed by atoms with Gasteiger partial charge in [0.1, 0.15) is 24.5 Å². The van der Waals surface area contributed by atoms with Crippen molar-refractivity contribution in [1.29, 1.82) is 0 Å². The second kappa shape index (κ2) is 7.24. The number of likely N-dealkylation sites (N-methyl/N-ethyl adjacent to an activating group) is 1. The number of carbonyl (C=O) groups excluding carboxylic acids is 1. The van der Waals surface area contributed by atoms with E-state index in [9.17, 15) is 19.2 Å². The van der Waals surface area contributed by atoms with Crippen molar-refractivity contribution in [2.75, 3.05) is 19.3 Å². The van der Waals surface area contributed by atoms with Crippen LogP contribution in [0.2, 0.25) is 0 Å². The monoisotopic (exact) mass is 385 g/mol. The van der Waals surface area contributed by atoms with Crippen molar-refractivity contribution in [3.8, 4) is 0 Å². The number of para-hydroxylation sites is 1. The number of nitrogens with one attached hydrogen (secondary N) is 2. The largest absolute Gasteiger partial charge is 0.384 e. The molecule has 28 heavy (non-hydrogen) atoms. The van der Waals surface area contributed by atoms with Gasteiger partial charge in [-0.3, -0.25) is 23.5 Å². The van der Waals surface area contributed by atoms with Crippen LogP contribution in [0.5, 0.6) is 0 Å². The van der Waals surface area contributed by atoms with Crippen LogP contribution in [0.15, 0.2) is 38.6 Å². The molecule has 10 heteroatoms. The molecule has 2 heterocycles. The van der Waals surface area contributed by atoms with Crippen molar-refractivity contribution >= 4 is 22.5 Å². The third-order valence-electron chi connectivity index (χ3n) is 4.58. The molecule has 0 fully saturated rings. The molecule has 3 rings (SSSR count). The first-order valence-corrected chi connectivity index (χ1v) is 8.58. The SMILES string of the molecule is Cn1c(N)c(C(=O)C[NH+](C)Cc2nc3ccccc3c(=O)[nH]2)c(=O)n(C)c1=O. The molecule has 2 aromatic heterocycles. The fourth-order valence-electron chi connectivity index (χ4n) is 3.05. The summed E-state index contributed by atoms with van der Waals surface area (Å²) in [6.45, 7) is 0.200. The molecule has 0 aliphatic rings. The fourth-order valence-corrected chi connectivity index (χ4v) is 3.05. The number of H-pyrrole nitrogens is 1. The number of Topliss-reactive ketones (excluding diaryl/α,β-unsaturated/α-hetero) is 1. The molecule has 0 bridgehead atoms. The third kappa shape index (κ3) is 3.37. The maximum absolute atomic E-state index is 12.7. The van der Waals surface area contributed by atoms with E-state index in [1.807, 2.05) is 0 Å². The van der Waals surface area contributed by atoms with Gasteiger partial charge in [0.25, 0.3) is 11.1 Å². The van der Waals surface area contributed by atoms with Crippen LogP contribution >= 0.6 is 0 Å². The summed E-state index contributed by atoms with van der Waals surface area (Å²) in [4.78, 5) is 56.8. The number of hydrogen-bond acceptors (Lipinski definition) is 6. The van der Waals surface area contributed by atoms with E-state index in [2.05, 4.69) is 9.97 Å². The molecule has 0 saturated heterocycles. The lowest BCUT2D eigenvalue weighted by Crippen LogP contribution is -3.08. The lowest BCUT2D eigenvalue weighted by atomic mass is 10.2. The van der Waals surface area contributed by atoms with Gasteiger partial charge in [0.05, 0.1) is 18.0 Å². The zero-order valence-electron chi connectivity index (χ0n) is 15.8. The molecule has 0 amide bonds. The van der Waals surface area contributed by atoms with E-state index >= 15 is 0 Å². The Kier molecular flexibility index (Phi) is 4.97. The van der Waals surface area contributed by atoms with Crippen LogP contribution in [0.3, 0.4) is 0 Å². The summed E-state index contributed by atoms with van der Waals surface area (Å²) in [5.41, 5.74) is 4.59. The number of quaternary nitrogens is 1. The van der Waals surface area contributed by atoms with Crippen LogP contribution in [0, 0.1) is 0 Å². The first-order valence-electron chi connectivity index (χ1n) is 8.58. The Morgan fingerprint density at radius 2 is 1.86 bits per heavy atom. The summed E-state index contributed by atoms with van der Waals surface area (Å²) in [5, 5.41) is 0.487. The molecule has 146 valence electrons. The van der Waals surface area contributed by atoms with E-state index in [4.69, 9.17) is 5.73 Å². The van der Waals surface area contributed by atoms with Crippen LogP contribution in [-0.4, -0.2) is 38.5 Å². The summed E-state index contributed by atoms with van der Waals surface area (Å²) >= 11 is 0. The molecule has 0 saturated carbocycles. The van der Waals surface area contributed by atoms with E-state index in [1.54, 1.807) is 31.3 Å². The van der Waals surface area contributed by atoms with Gasteiger partial charge in [0, 0.05) is 14.1 Å².